The van der Waals surface area contributed by atoms with Gasteiger partial charge in [-0.25, -0.2) is 4.79 Å². The molecule has 0 aromatic heterocycles. The summed E-state index contributed by atoms with van der Waals surface area (Å²) in [5, 5.41) is 13.1. The highest BCUT2D eigenvalue weighted by molar-refractivity contribution is 6.42. The summed E-state index contributed by atoms with van der Waals surface area (Å²) in [5.74, 6) is -0.547. The molecule has 0 spiro atoms. The molecule has 8 heteroatoms. The Hall–Kier alpha value is -3.79. The number of rotatable bonds is 8. The van der Waals surface area contributed by atoms with Crippen LogP contribution in [0.4, 0.5) is 5.69 Å². The number of amides is 1. The number of hydrogen-bond donors (Lipinski definition) is 1. The average molecular weight is 495 g/mol. The van der Waals surface area contributed by atoms with Gasteiger partial charge in [0.2, 0.25) is 0 Å². The average Bonchev–Trinajstić information content (AvgIpc) is 2.84. The Labute approximate surface area is 207 Å². The van der Waals surface area contributed by atoms with E-state index in [-0.39, 0.29) is 18.8 Å². The first-order valence-electron chi connectivity index (χ1n) is 10.3. The molecule has 1 N–H and O–H groups in total. The molecule has 6 nitrogen and oxygen atoms in total. The normalized spacial score (nSPS) is 10.8. The molecule has 3 aromatic carbocycles. The fourth-order valence-corrected chi connectivity index (χ4v) is 3.25. The van der Waals surface area contributed by atoms with E-state index in [2.05, 4.69) is 5.32 Å². The number of nitriles is 1. The minimum Gasteiger partial charge on any atom is -0.488 e. The zero-order valence-corrected chi connectivity index (χ0v) is 19.7. The topological polar surface area (TPSA) is 88.4 Å². The summed E-state index contributed by atoms with van der Waals surface area (Å²) in [6, 6.07) is 20.4. The molecular weight excluding hydrogens is 475 g/mol. The van der Waals surface area contributed by atoms with E-state index in [0.717, 1.165) is 5.56 Å². The molecule has 34 heavy (non-hydrogen) atoms. The summed E-state index contributed by atoms with van der Waals surface area (Å²) in [5.41, 5.74) is 2.07. The number of carbonyl (C=O) groups excluding carboxylic acids is 2. The Bertz CT molecular complexity index is 1260. The van der Waals surface area contributed by atoms with Crippen molar-refractivity contribution in [2.45, 2.75) is 13.5 Å². The van der Waals surface area contributed by atoms with Crippen LogP contribution < -0.4 is 10.1 Å². The smallest absolute Gasteiger partial charge is 0.338 e. The molecule has 1 amide bonds. The number of nitrogens with one attached hydrogen (secondary N) is 1. The van der Waals surface area contributed by atoms with Crippen molar-refractivity contribution >= 4 is 46.8 Å². The Morgan fingerprint density at radius 3 is 2.44 bits per heavy atom. The van der Waals surface area contributed by atoms with Gasteiger partial charge in [0, 0.05) is 11.3 Å². The Kier molecular flexibility index (Phi) is 8.69. The van der Waals surface area contributed by atoms with E-state index in [1.165, 1.54) is 18.2 Å². The predicted molar refractivity (Wildman–Crippen MR) is 132 cm³/mol. The van der Waals surface area contributed by atoms with Gasteiger partial charge in [-0.15, -0.1) is 0 Å². The van der Waals surface area contributed by atoms with Crippen LogP contribution in [0.1, 0.15) is 28.4 Å². The fraction of sp³-hybridized carbons (Fsp3) is 0.115. The summed E-state index contributed by atoms with van der Waals surface area (Å²) in [6.07, 6.45) is 1.45. The molecule has 0 saturated carbocycles. The SMILES string of the molecule is CCOC(=O)c1ccc(NC(=O)/C(C#N)=C/c2ccccc2OCc2ccc(Cl)c(Cl)c2)cc1. The Morgan fingerprint density at radius 2 is 1.76 bits per heavy atom. The minimum atomic E-state index is -0.592. The maximum atomic E-state index is 12.7. The van der Waals surface area contributed by atoms with Gasteiger partial charge in [0.25, 0.3) is 5.91 Å². The first-order valence-corrected chi connectivity index (χ1v) is 11.0. The number of halogens is 2. The zero-order valence-electron chi connectivity index (χ0n) is 18.2. The minimum absolute atomic E-state index is 0.111. The lowest BCUT2D eigenvalue weighted by Crippen LogP contribution is -2.13. The van der Waals surface area contributed by atoms with Gasteiger partial charge in [-0.2, -0.15) is 5.26 Å². The summed E-state index contributed by atoms with van der Waals surface area (Å²) in [7, 11) is 0. The second-order valence-corrected chi connectivity index (χ2v) is 7.81. The lowest BCUT2D eigenvalue weighted by atomic mass is 10.1. The lowest BCUT2D eigenvalue weighted by molar-refractivity contribution is -0.112. The Morgan fingerprint density at radius 1 is 1.03 bits per heavy atom. The standard InChI is InChI=1S/C26H20Cl2N2O4/c1-2-33-26(32)18-8-10-21(11-9-18)30-25(31)20(15-29)14-19-5-3-4-6-24(19)34-16-17-7-12-22(27)23(28)13-17/h3-14H,2,16H2,1H3,(H,30,31)/b20-14+. The fourth-order valence-electron chi connectivity index (χ4n) is 2.93. The van der Waals surface area contributed by atoms with Gasteiger partial charge < -0.3 is 14.8 Å². The van der Waals surface area contributed by atoms with Crippen LogP contribution in [0.3, 0.4) is 0 Å². The van der Waals surface area contributed by atoms with Crippen molar-refractivity contribution < 1.29 is 19.1 Å². The van der Waals surface area contributed by atoms with Crippen molar-refractivity contribution in [2.24, 2.45) is 0 Å². The molecule has 172 valence electrons. The maximum absolute atomic E-state index is 12.7. The molecule has 3 rings (SSSR count). The molecule has 0 aliphatic heterocycles. The largest absolute Gasteiger partial charge is 0.488 e. The van der Waals surface area contributed by atoms with Crippen LogP contribution in [0.2, 0.25) is 10.0 Å². The second kappa shape index (κ2) is 11.9. The molecule has 0 atom stereocenters. The van der Waals surface area contributed by atoms with Crippen molar-refractivity contribution in [3.05, 3.63) is 99.0 Å². The number of ether oxygens (including phenoxy) is 2. The molecule has 0 radical (unpaired) electrons. The van der Waals surface area contributed by atoms with E-state index < -0.39 is 11.9 Å². The number of hydrogen-bond acceptors (Lipinski definition) is 5. The number of anilines is 1. The first kappa shape index (κ1) is 24.8. The summed E-state index contributed by atoms with van der Waals surface area (Å²) < 4.78 is 10.8. The van der Waals surface area contributed by atoms with Gasteiger partial charge in [0.1, 0.15) is 24.0 Å². The molecule has 0 aliphatic rings. The monoisotopic (exact) mass is 494 g/mol. The highest BCUT2D eigenvalue weighted by atomic mass is 35.5. The summed E-state index contributed by atoms with van der Waals surface area (Å²) >= 11 is 12.0. The predicted octanol–water partition coefficient (Wildman–Crippen LogP) is 6.29. The highest BCUT2D eigenvalue weighted by Gasteiger charge is 2.13. The molecule has 0 fully saturated rings. The first-order chi connectivity index (χ1) is 16.4. The third kappa shape index (κ3) is 6.61. The van der Waals surface area contributed by atoms with E-state index in [1.54, 1.807) is 61.5 Å². The molecule has 0 unspecified atom stereocenters. The zero-order chi connectivity index (χ0) is 24.5. The van der Waals surface area contributed by atoms with Crippen LogP contribution in [0, 0.1) is 11.3 Å². The van der Waals surface area contributed by atoms with Crippen LogP contribution in [-0.2, 0) is 16.1 Å². The molecule has 0 heterocycles. The van der Waals surface area contributed by atoms with E-state index in [4.69, 9.17) is 32.7 Å². The number of carbonyl (C=O) groups is 2. The second-order valence-electron chi connectivity index (χ2n) is 7.00. The van der Waals surface area contributed by atoms with Crippen LogP contribution >= 0.6 is 23.2 Å². The number of nitrogens with zero attached hydrogens (tertiary/aromatic N) is 1. The van der Waals surface area contributed by atoms with Gasteiger partial charge in [0.15, 0.2) is 0 Å². The summed E-state index contributed by atoms with van der Waals surface area (Å²) in [6.45, 7) is 2.22. The van der Waals surface area contributed by atoms with E-state index in [0.29, 0.717) is 32.6 Å². The van der Waals surface area contributed by atoms with Gasteiger partial charge in [0.05, 0.1) is 22.2 Å². The van der Waals surface area contributed by atoms with Crippen molar-refractivity contribution in [3.63, 3.8) is 0 Å². The lowest BCUT2D eigenvalue weighted by Gasteiger charge is -2.11. The molecule has 0 aliphatic carbocycles. The Balaban J connectivity index is 1.73. The van der Waals surface area contributed by atoms with Crippen LogP contribution in [0.5, 0.6) is 5.75 Å². The molecule has 0 bridgehead atoms. The van der Waals surface area contributed by atoms with Crippen LogP contribution in [0.25, 0.3) is 6.08 Å². The van der Waals surface area contributed by atoms with Gasteiger partial charge in [-0.05, 0) is 61.0 Å². The highest BCUT2D eigenvalue weighted by Crippen LogP contribution is 2.26. The number of para-hydroxylation sites is 1. The van der Waals surface area contributed by atoms with E-state index in [9.17, 15) is 14.9 Å². The maximum Gasteiger partial charge on any atom is 0.338 e. The number of benzene rings is 3. The van der Waals surface area contributed by atoms with Crippen molar-refractivity contribution in [2.75, 3.05) is 11.9 Å². The van der Waals surface area contributed by atoms with Crippen molar-refractivity contribution in [3.8, 4) is 11.8 Å². The number of esters is 1. The van der Waals surface area contributed by atoms with Crippen molar-refractivity contribution in [1.29, 1.82) is 5.26 Å². The summed E-state index contributed by atoms with van der Waals surface area (Å²) in [4.78, 5) is 24.4. The van der Waals surface area contributed by atoms with Gasteiger partial charge in [-0.1, -0.05) is 47.5 Å². The van der Waals surface area contributed by atoms with E-state index in [1.807, 2.05) is 6.07 Å². The van der Waals surface area contributed by atoms with Gasteiger partial charge in [-0.3, -0.25) is 4.79 Å². The van der Waals surface area contributed by atoms with Crippen LogP contribution in [0.15, 0.2) is 72.3 Å². The quantitative estimate of drug-likeness (QED) is 0.225. The van der Waals surface area contributed by atoms with E-state index >= 15 is 0 Å². The molecular formula is C26H20Cl2N2O4. The third-order valence-corrected chi connectivity index (χ3v) is 5.36. The molecule has 0 saturated heterocycles. The molecule has 3 aromatic rings. The van der Waals surface area contributed by atoms with Gasteiger partial charge >= 0.3 is 5.97 Å². The third-order valence-electron chi connectivity index (χ3n) is 4.62. The van der Waals surface area contributed by atoms with Crippen LogP contribution in [-0.4, -0.2) is 18.5 Å². The van der Waals surface area contributed by atoms with Crippen molar-refractivity contribution in [1.82, 2.24) is 0 Å².